The van der Waals surface area contributed by atoms with Gasteiger partial charge in [0.15, 0.2) is 5.78 Å². The number of fused-ring (bicyclic) bond motifs is 2. The molecule has 0 aromatic carbocycles. The maximum absolute atomic E-state index is 11.2. The Balaban J connectivity index is 1.97. The molecule has 0 spiro atoms. The summed E-state index contributed by atoms with van der Waals surface area (Å²) in [4.78, 5) is 11.2. The first-order valence-corrected chi connectivity index (χ1v) is 5.44. The lowest BCUT2D eigenvalue weighted by atomic mass is 9.87. The minimum atomic E-state index is 0.0885. The van der Waals surface area contributed by atoms with Crippen molar-refractivity contribution in [3.05, 3.63) is 23.3 Å². The average Bonchev–Trinajstić information content (AvgIpc) is 2.54. The largest absolute Gasteiger partial charge is 0.365 e. The molecule has 2 aliphatic carbocycles. The summed E-state index contributed by atoms with van der Waals surface area (Å²) in [6.07, 6.45) is 9.55. The molecule has 2 atom stereocenters. The highest BCUT2D eigenvalue weighted by molar-refractivity contribution is 5.92. The lowest BCUT2D eigenvalue weighted by Crippen LogP contribution is -2.20. The van der Waals surface area contributed by atoms with E-state index in [1.54, 1.807) is 6.08 Å². The summed E-state index contributed by atoms with van der Waals surface area (Å²) >= 11 is 0. The number of hydrogen-bond donors (Lipinski definition) is 0. The zero-order valence-corrected chi connectivity index (χ0v) is 8.16. The van der Waals surface area contributed by atoms with E-state index in [0.717, 1.165) is 6.42 Å². The van der Waals surface area contributed by atoms with Gasteiger partial charge in [0.05, 0.1) is 12.2 Å². The van der Waals surface area contributed by atoms with Crippen LogP contribution in [0.1, 0.15) is 32.1 Å². The molecule has 14 heavy (non-hydrogen) atoms. The van der Waals surface area contributed by atoms with Crippen molar-refractivity contribution in [2.24, 2.45) is 0 Å². The molecular weight excluding hydrogens is 176 g/mol. The van der Waals surface area contributed by atoms with Crippen molar-refractivity contribution in [1.29, 1.82) is 0 Å². The second-order valence-corrected chi connectivity index (χ2v) is 4.34. The van der Waals surface area contributed by atoms with Crippen LogP contribution in [0.15, 0.2) is 23.3 Å². The number of hydrogen-bond acceptors (Lipinski definition) is 2. The van der Waals surface area contributed by atoms with E-state index in [-0.39, 0.29) is 11.9 Å². The standard InChI is InChI=1S/C12H14O2/c13-8-5-6-10-9-3-1-2-4-11(9)14-12(10)7-8/h5-6,11-12H,1-4,7H2. The maximum atomic E-state index is 11.2. The Bertz CT molecular complexity index is 338. The highest BCUT2D eigenvalue weighted by Gasteiger charge is 2.36. The summed E-state index contributed by atoms with van der Waals surface area (Å²) in [5.41, 5.74) is 2.79. The van der Waals surface area contributed by atoms with Gasteiger partial charge in [0.2, 0.25) is 0 Å². The van der Waals surface area contributed by atoms with Gasteiger partial charge in [-0.05, 0) is 36.5 Å². The van der Waals surface area contributed by atoms with Crippen LogP contribution in [0.2, 0.25) is 0 Å². The Morgan fingerprint density at radius 3 is 3.07 bits per heavy atom. The fraction of sp³-hybridized carbons (Fsp3) is 0.583. The number of rotatable bonds is 0. The molecule has 0 amide bonds. The van der Waals surface area contributed by atoms with Crippen LogP contribution in [0.25, 0.3) is 0 Å². The van der Waals surface area contributed by atoms with Gasteiger partial charge in [-0.1, -0.05) is 12.5 Å². The van der Waals surface area contributed by atoms with Gasteiger partial charge in [-0.3, -0.25) is 4.79 Å². The predicted octanol–water partition coefficient (Wildman–Crippen LogP) is 2.15. The molecule has 1 saturated carbocycles. The van der Waals surface area contributed by atoms with Gasteiger partial charge in [-0.2, -0.15) is 0 Å². The summed E-state index contributed by atoms with van der Waals surface area (Å²) in [6, 6.07) is 0. The van der Waals surface area contributed by atoms with Crippen molar-refractivity contribution < 1.29 is 9.53 Å². The zero-order chi connectivity index (χ0) is 9.54. The van der Waals surface area contributed by atoms with Crippen LogP contribution < -0.4 is 0 Å². The summed E-state index contributed by atoms with van der Waals surface area (Å²) in [5, 5.41) is 0. The molecule has 0 radical (unpaired) electrons. The Morgan fingerprint density at radius 2 is 2.14 bits per heavy atom. The van der Waals surface area contributed by atoms with Gasteiger partial charge in [0.25, 0.3) is 0 Å². The van der Waals surface area contributed by atoms with E-state index in [0.29, 0.717) is 12.5 Å². The minimum Gasteiger partial charge on any atom is -0.365 e. The zero-order valence-electron chi connectivity index (χ0n) is 8.16. The summed E-state index contributed by atoms with van der Waals surface area (Å²) in [6.45, 7) is 0. The van der Waals surface area contributed by atoms with Gasteiger partial charge in [-0.25, -0.2) is 0 Å². The smallest absolute Gasteiger partial charge is 0.158 e. The summed E-state index contributed by atoms with van der Waals surface area (Å²) < 4.78 is 5.89. The number of allylic oxidation sites excluding steroid dienone is 1. The lowest BCUT2D eigenvalue weighted by Gasteiger charge is -2.20. The number of ketones is 1. The molecule has 0 aromatic rings. The normalized spacial score (nSPS) is 35.9. The first kappa shape index (κ1) is 8.42. The maximum Gasteiger partial charge on any atom is 0.158 e. The fourth-order valence-electron chi connectivity index (χ4n) is 2.75. The summed E-state index contributed by atoms with van der Waals surface area (Å²) in [7, 11) is 0. The molecule has 0 saturated heterocycles. The van der Waals surface area contributed by atoms with Crippen LogP contribution in [0, 0.1) is 0 Å². The van der Waals surface area contributed by atoms with E-state index in [1.165, 1.54) is 30.4 Å². The summed E-state index contributed by atoms with van der Waals surface area (Å²) in [5.74, 6) is 0.206. The quantitative estimate of drug-likeness (QED) is 0.585. The third-order valence-corrected chi connectivity index (χ3v) is 3.43. The van der Waals surface area contributed by atoms with Gasteiger partial charge < -0.3 is 4.74 Å². The van der Waals surface area contributed by atoms with E-state index in [9.17, 15) is 4.79 Å². The molecule has 1 heterocycles. The van der Waals surface area contributed by atoms with Crippen LogP contribution in [-0.2, 0) is 9.53 Å². The van der Waals surface area contributed by atoms with Crippen LogP contribution in [0.3, 0.4) is 0 Å². The monoisotopic (exact) mass is 190 g/mol. The Labute approximate surface area is 83.6 Å². The molecule has 2 heteroatoms. The number of carbonyl (C=O) groups excluding carboxylic acids is 1. The first-order valence-electron chi connectivity index (χ1n) is 5.44. The highest BCUT2D eigenvalue weighted by Crippen LogP contribution is 2.40. The Hall–Kier alpha value is -0.890. The molecule has 3 aliphatic rings. The minimum absolute atomic E-state index is 0.0885. The first-order chi connectivity index (χ1) is 6.84. The molecule has 2 nitrogen and oxygen atoms in total. The second kappa shape index (κ2) is 3.06. The topological polar surface area (TPSA) is 26.3 Å². The molecule has 1 fully saturated rings. The molecule has 2 unspecified atom stereocenters. The van der Waals surface area contributed by atoms with Gasteiger partial charge >= 0.3 is 0 Å². The average molecular weight is 190 g/mol. The Morgan fingerprint density at radius 1 is 1.21 bits per heavy atom. The SMILES string of the molecule is O=C1C=CC2=C3CCCCC3OC2C1. The molecule has 0 aromatic heterocycles. The van der Waals surface area contributed by atoms with Crippen molar-refractivity contribution in [3.63, 3.8) is 0 Å². The van der Waals surface area contributed by atoms with E-state index < -0.39 is 0 Å². The predicted molar refractivity (Wildman–Crippen MR) is 52.9 cm³/mol. The van der Waals surface area contributed by atoms with Crippen LogP contribution >= 0.6 is 0 Å². The van der Waals surface area contributed by atoms with E-state index >= 15 is 0 Å². The van der Waals surface area contributed by atoms with Gasteiger partial charge in [0, 0.05) is 6.42 Å². The van der Waals surface area contributed by atoms with Gasteiger partial charge in [-0.15, -0.1) is 0 Å². The van der Waals surface area contributed by atoms with Crippen molar-refractivity contribution >= 4 is 5.78 Å². The van der Waals surface area contributed by atoms with E-state index in [1.807, 2.05) is 6.08 Å². The Kier molecular flexibility index (Phi) is 1.84. The molecule has 0 bridgehead atoms. The van der Waals surface area contributed by atoms with E-state index in [4.69, 9.17) is 4.74 Å². The van der Waals surface area contributed by atoms with Crippen LogP contribution in [-0.4, -0.2) is 18.0 Å². The molecule has 0 N–H and O–H groups in total. The van der Waals surface area contributed by atoms with Crippen molar-refractivity contribution in [1.82, 2.24) is 0 Å². The molecular formula is C12H14O2. The fourth-order valence-corrected chi connectivity index (χ4v) is 2.75. The van der Waals surface area contributed by atoms with Crippen molar-refractivity contribution in [2.75, 3.05) is 0 Å². The second-order valence-electron chi connectivity index (χ2n) is 4.34. The number of ether oxygens (including phenoxy) is 1. The third-order valence-electron chi connectivity index (χ3n) is 3.43. The van der Waals surface area contributed by atoms with Crippen LogP contribution in [0.5, 0.6) is 0 Å². The van der Waals surface area contributed by atoms with Crippen molar-refractivity contribution in [3.8, 4) is 0 Å². The highest BCUT2D eigenvalue weighted by atomic mass is 16.5. The molecule has 1 aliphatic heterocycles. The number of carbonyl (C=O) groups is 1. The van der Waals surface area contributed by atoms with Crippen LogP contribution in [0.4, 0.5) is 0 Å². The molecule has 3 rings (SSSR count). The third kappa shape index (κ3) is 1.17. The van der Waals surface area contributed by atoms with E-state index in [2.05, 4.69) is 0 Å². The van der Waals surface area contributed by atoms with Crippen molar-refractivity contribution in [2.45, 2.75) is 44.3 Å². The molecule has 74 valence electrons. The van der Waals surface area contributed by atoms with Gasteiger partial charge in [0.1, 0.15) is 0 Å². The lowest BCUT2D eigenvalue weighted by molar-refractivity contribution is -0.117.